The summed E-state index contributed by atoms with van der Waals surface area (Å²) < 4.78 is 11.2. The smallest absolute Gasteiger partial charge is 0.253 e. The van der Waals surface area contributed by atoms with Gasteiger partial charge in [-0.3, -0.25) is 0 Å². The van der Waals surface area contributed by atoms with Crippen molar-refractivity contribution in [3.8, 4) is 5.75 Å². The summed E-state index contributed by atoms with van der Waals surface area (Å²) >= 11 is 0. The molecule has 0 unspecified atom stereocenters. The van der Waals surface area contributed by atoms with Crippen molar-refractivity contribution in [2.24, 2.45) is 0 Å². The molecule has 5 nitrogen and oxygen atoms in total. The zero-order valence-electron chi connectivity index (χ0n) is 13.0. The van der Waals surface area contributed by atoms with Gasteiger partial charge in [-0.2, -0.15) is 0 Å². The second-order valence-electron chi connectivity index (χ2n) is 5.06. The maximum Gasteiger partial charge on any atom is 0.253 e. The van der Waals surface area contributed by atoms with E-state index in [0.29, 0.717) is 18.3 Å². The Balaban J connectivity index is 1.55. The Bertz CT molecular complexity index is 741. The molecule has 0 radical (unpaired) electrons. The minimum atomic E-state index is 0.266. The fraction of sp³-hybridized carbons (Fsp3) is 0.222. The number of benzene rings is 2. The van der Waals surface area contributed by atoms with Gasteiger partial charge >= 0.3 is 0 Å². The molecule has 3 rings (SSSR count). The maximum atomic E-state index is 5.59. The zero-order valence-corrected chi connectivity index (χ0v) is 13.0. The van der Waals surface area contributed by atoms with Crippen molar-refractivity contribution in [2.75, 3.05) is 5.32 Å². The van der Waals surface area contributed by atoms with Crippen LogP contribution in [0.25, 0.3) is 0 Å². The van der Waals surface area contributed by atoms with Crippen LogP contribution in [0.5, 0.6) is 5.75 Å². The number of rotatable bonds is 7. The maximum absolute atomic E-state index is 5.59. The molecule has 0 saturated carbocycles. The predicted octanol–water partition coefficient (Wildman–Crippen LogP) is 3.82. The van der Waals surface area contributed by atoms with Crippen LogP contribution in [-0.2, 0) is 19.6 Å². The molecule has 0 aliphatic rings. The lowest BCUT2D eigenvalue weighted by atomic mass is 10.1. The Kier molecular flexibility index (Phi) is 4.88. The quantitative estimate of drug-likeness (QED) is 0.719. The number of nitrogens with one attached hydrogen (secondary N) is 1. The Morgan fingerprint density at radius 1 is 0.957 bits per heavy atom. The van der Waals surface area contributed by atoms with Gasteiger partial charge < -0.3 is 14.5 Å². The van der Waals surface area contributed by atoms with Gasteiger partial charge in [-0.25, -0.2) is 0 Å². The summed E-state index contributed by atoms with van der Waals surface area (Å²) in [5.74, 6) is 1.79. The molecule has 1 heterocycles. The van der Waals surface area contributed by atoms with Gasteiger partial charge in [-0.05, 0) is 30.2 Å². The van der Waals surface area contributed by atoms with Crippen molar-refractivity contribution in [1.82, 2.24) is 10.2 Å². The molecular weight excluding hydrogens is 290 g/mol. The minimum Gasteiger partial charge on any atom is -0.484 e. The lowest BCUT2D eigenvalue weighted by Crippen LogP contribution is -2.02. The van der Waals surface area contributed by atoms with Crippen molar-refractivity contribution in [1.29, 1.82) is 0 Å². The molecule has 0 atom stereocenters. The standard InChI is InChI=1S/C18H19N3O2/c1-2-14-8-6-7-11-16(14)19-12-17-20-21-18(23-17)13-22-15-9-4-3-5-10-15/h3-11,19H,2,12-13H2,1H3. The van der Waals surface area contributed by atoms with Gasteiger partial charge in [0.1, 0.15) is 5.75 Å². The highest BCUT2D eigenvalue weighted by atomic mass is 16.5. The first-order chi connectivity index (χ1) is 11.3. The van der Waals surface area contributed by atoms with Crippen LogP contribution >= 0.6 is 0 Å². The number of hydrogen-bond donors (Lipinski definition) is 1. The highest BCUT2D eigenvalue weighted by molar-refractivity contribution is 5.50. The Hall–Kier alpha value is -2.82. The van der Waals surface area contributed by atoms with Gasteiger partial charge in [0, 0.05) is 5.69 Å². The first-order valence-electron chi connectivity index (χ1n) is 7.66. The number of aryl methyl sites for hydroxylation is 1. The van der Waals surface area contributed by atoms with Crippen molar-refractivity contribution < 1.29 is 9.15 Å². The SMILES string of the molecule is CCc1ccccc1NCc1nnc(COc2ccccc2)o1. The Morgan fingerprint density at radius 2 is 1.70 bits per heavy atom. The second kappa shape index (κ2) is 7.45. The largest absolute Gasteiger partial charge is 0.484 e. The van der Waals surface area contributed by atoms with E-state index in [2.05, 4.69) is 34.6 Å². The van der Waals surface area contributed by atoms with E-state index in [1.807, 2.05) is 42.5 Å². The highest BCUT2D eigenvalue weighted by Crippen LogP contribution is 2.16. The molecule has 0 fully saturated rings. The van der Waals surface area contributed by atoms with Crippen LogP contribution in [0.2, 0.25) is 0 Å². The number of anilines is 1. The molecule has 118 valence electrons. The summed E-state index contributed by atoms with van der Waals surface area (Å²) in [7, 11) is 0. The lowest BCUT2D eigenvalue weighted by Gasteiger charge is -2.08. The van der Waals surface area contributed by atoms with Crippen LogP contribution in [0.1, 0.15) is 24.3 Å². The van der Waals surface area contributed by atoms with Gasteiger partial charge in [0.15, 0.2) is 6.61 Å². The summed E-state index contributed by atoms with van der Waals surface area (Å²) in [5.41, 5.74) is 2.36. The normalized spacial score (nSPS) is 10.5. The third-order valence-corrected chi connectivity index (χ3v) is 3.44. The molecule has 0 aliphatic heterocycles. The number of hydrogen-bond acceptors (Lipinski definition) is 5. The molecule has 0 amide bonds. The average Bonchev–Trinajstić information content (AvgIpc) is 3.07. The molecule has 1 aromatic heterocycles. The molecule has 0 aliphatic carbocycles. The molecule has 3 aromatic rings. The predicted molar refractivity (Wildman–Crippen MR) is 88.2 cm³/mol. The van der Waals surface area contributed by atoms with E-state index in [0.717, 1.165) is 17.9 Å². The van der Waals surface area contributed by atoms with Crippen LogP contribution in [0.15, 0.2) is 59.0 Å². The fourth-order valence-corrected chi connectivity index (χ4v) is 2.25. The molecular formula is C18H19N3O2. The van der Waals surface area contributed by atoms with E-state index in [1.54, 1.807) is 0 Å². The summed E-state index contributed by atoms with van der Waals surface area (Å²) in [6.07, 6.45) is 0.975. The van der Waals surface area contributed by atoms with E-state index in [4.69, 9.17) is 9.15 Å². The van der Waals surface area contributed by atoms with Crippen LogP contribution in [0.4, 0.5) is 5.69 Å². The van der Waals surface area contributed by atoms with Crippen molar-refractivity contribution >= 4 is 5.69 Å². The summed E-state index contributed by atoms with van der Waals surface area (Å²) in [5, 5.41) is 11.4. The summed E-state index contributed by atoms with van der Waals surface area (Å²) in [6, 6.07) is 17.8. The number of para-hydroxylation sites is 2. The number of aromatic nitrogens is 2. The summed E-state index contributed by atoms with van der Waals surface area (Å²) in [6.45, 7) is 2.89. The van der Waals surface area contributed by atoms with Gasteiger partial charge in [-0.1, -0.05) is 43.3 Å². The van der Waals surface area contributed by atoms with E-state index in [-0.39, 0.29) is 6.61 Å². The van der Waals surface area contributed by atoms with Crippen LogP contribution in [0.3, 0.4) is 0 Å². The second-order valence-corrected chi connectivity index (χ2v) is 5.06. The Labute approximate surface area is 135 Å². The number of ether oxygens (including phenoxy) is 1. The van der Waals surface area contributed by atoms with Crippen molar-refractivity contribution in [3.05, 3.63) is 71.9 Å². The lowest BCUT2D eigenvalue weighted by molar-refractivity contribution is 0.259. The van der Waals surface area contributed by atoms with E-state index >= 15 is 0 Å². The molecule has 23 heavy (non-hydrogen) atoms. The molecule has 0 saturated heterocycles. The van der Waals surface area contributed by atoms with Gasteiger partial charge in [-0.15, -0.1) is 10.2 Å². The summed E-state index contributed by atoms with van der Waals surface area (Å²) in [4.78, 5) is 0. The first-order valence-corrected chi connectivity index (χ1v) is 7.66. The highest BCUT2D eigenvalue weighted by Gasteiger charge is 2.07. The third kappa shape index (κ3) is 4.10. The van der Waals surface area contributed by atoms with Gasteiger partial charge in [0.2, 0.25) is 5.89 Å². The molecule has 0 bridgehead atoms. The number of nitrogens with zero attached hydrogens (tertiary/aromatic N) is 2. The van der Waals surface area contributed by atoms with E-state index < -0.39 is 0 Å². The van der Waals surface area contributed by atoms with E-state index in [1.165, 1.54) is 5.56 Å². The third-order valence-electron chi connectivity index (χ3n) is 3.44. The van der Waals surface area contributed by atoms with Crippen molar-refractivity contribution in [3.63, 3.8) is 0 Å². The zero-order chi connectivity index (χ0) is 15.9. The fourth-order valence-electron chi connectivity index (χ4n) is 2.25. The van der Waals surface area contributed by atoms with Gasteiger partial charge in [0.05, 0.1) is 6.54 Å². The molecule has 2 aromatic carbocycles. The van der Waals surface area contributed by atoms with Crippen LogP contribution in [-0.4, -0.2) is 10.2 Å². The molecule has 0 spiro atoms. The van der Waals surface area contributed by atoms with Crippen LogP contribution in [0, 0.1) is 0 Å². The molecule has 1 N–H and O–H groups in total. The van der Waals surface area contributed by atoms with Crippen LogP contribution < -0.4 is 10.1 Å². The minimum absolute atomic E-state index is 0.266. The monoisotopic (exact) mass is 309 g/mol. The van der Waals surface area contributed by atoms with Gasteiger partial charge in [0.25, 0.3) is 5.89 Å². The first kappa shape index (κ1) is 15.1. The Morgan fingerprint density at radius 3 is 2.52 bits per heavy atom. The topological polar surface area (TPSA) is 60.2 Å². The van der Waals surface area contributed by atoms with Crippen molar-refractivity contribution in [2.45, 2.75) is 26.5 Å². The molecule has 5 heteroatoms. The van der Waals surface area contributed by atoms with E-state index in [9.17, 15) is 0 Å². The average molecular weight is 309 g/mol.